The molecular formula is C8H17ClN2O. The lowest BCUT2D eigenvalue weighted by Gasteiger charge is -2.17. The number of likely N-dealkylation sites (N-methyl/N-ethyl adjacent to an activating group) is 1. The number of nitrogens with one attached hydrogen (secondary N) is 1. The second kappa shape index (κ2) is 7.37. The third-order valence-corrected chi connectivity index (χ3v) is 2.01. The Morgan fingerprint density at radius 3 is 2.42 bits per heavy atom. The van der Waals surface area contributed by atoms with Crippen LogP contribution in [-0.4, -0.2) is 42.9 Å². The van der Waals surface area contributed by atoms with Gasteiger partial charge in [0, 0.05) is 13.1 Å². The molecule has 4 heteroatoms. The van der Waals surface area contributed by atoms with Gasteiger partial charge in [0.15, 0.2) is 0 Å². The highest BCUT2D eigenvalue weighted by Gasteiger charge is 2.00. The summed E-state index contributed by atoms with van der Waals surface area (Å²) in [5.74, 6) is -0.0399. The largest absolute Gasteiger partial charge is 0.354 e. The van der Waals surface area contributed by atoms with Crippen LogP contribution in [-0.2, 0) is 4.79 Å². The number of halogens is 1. The minimum absolute atomic E-state index is 0.0538. The minimum Gasteiger partial charge on any atom is -0.354 e. The number of carbonyl (C=O) groups excluding carboxylic acids is 1. The van der Waals surface area contributed by atoms with E-state index in [-0.39, 0.29) is 11.8 Å². The van der Waals surface area contributed by atoms with E-state index < -0.39 is 0 Å². The smallest absolute Gasteiger partial charge is 0.234 e. The molecule has 0 rings (SSSR count). The van der Waals surface area contributed by atoms with E-state index in [2.05, 4.69) is 24.1 Å². The fraction of sp³-hybridized carbons (Fsp3) is 0.875. The monoisotopic (exact) mass is 192 g/mol. The van der Waals surface area contributed by atoms with Crippen molar-refractivity contribution in [3.8, 4) is 0 Å². The van der Waals surface area contributed by atoms with Gasteiger partial charge in [0.25, 0.3) is 0 Å². The molecule has 0 aromatic heterocycles. The Morgan fingerprint density at radius 2 is 2.00 bits per heavy atom. The standard InChI is InChI=1S/C8H17ClN2O/c1-3-11(4-2)6-5-10-8(12)7-9/h3-7H2,1-2H3,(H,10,12). The summed E-state index contributed by atoms with van der Waals surface area (Å²) in [6, 6.07) is 0. The van der Waals surface area contributed by atoms with E-state index >= 15 is 0 Å². The first-order chi connectivity index (χ1) is 5.74. The quantitative estimate of drug-likeness (QED) is 0.628. The topological polar surface area (TPSA) is 32.3 Å². The SMILES string of the molecule is CCN(CC)CCNC(=O)CCl. The highest BCUT2D eigenvalue weighted by Crippen LogP contribution is 1.84. The third kappa shape index (κ3) is 5.38. The second-order valence-electron chi connectivity index (χ2n) is 2.51. The van der Waals surface area contributed by atoms with Crippen LogP contribution in [0, 0.1) is 0 Å². The Bertz CT molecular complexity index is 126. The van der Waals surface area contributed by atoms with Gasteiger partial charge in [0.05, 0.1) is 0 Å². The van der Waals surface area contributed by atoms with E-state index in [1.807, 2.05) is 0 Å². The maximum absolute atomic E-state index is 10.7. The number of hydrogen-bond donors (Lipinski definition) is 1. The maximum atomic E-state index is 10.7. The van der Waals surface area contributed by atoms with Crippen LogP contribution in [0.1, 0.15) is 13.8 Å². The summed E-state index contributed by atoms with van der Waals surface area (Å²) in [6.45, 7) is 7.84. The molecule has 1 N–H and O–H groups in total. The zero-order chi connectivity index (χ0) is 9.40. The number of alkyl halides is 1. The molecular weight excluding hydrogens is 176 g/mol. The van der Waals surface area contributed by atoms with Crippen molar-refractivity contribution in [3.63, 3.8) is 0 Å². The zero-order valence-corrected chi connectivity index (χ0v) is 8.52. The molecule has 0 radical (unpaired) electrons. The number of hydrogen-bond acceptors (Lipinski definition) is 2. The molecule has 0 atom stereocenters. The summed E-state index contributed by atoms with van der Waals surface area (Å²) in [5.41, 5.74) is 0. The van der Waals surface area contributed by atoms with Gasteiger partial charge in [-0.3, -0.25) is 4.79 Å². The Hall–Kier alpha value is -0.280. The Labute approximate surface area is 79.1 Å². The summed E-state index contributed by atoms with van der Waals surface area (Å²) >= 11 is 5.31. The van der Waals surface area contributed by atoms with Crippen molar-refractivity contribution in [3.05, 3.63) is 0 Å². The molecule has 0 heterocycles. The van der Waals surface area contributed by atoms with Crippen molar-refractivity contribution < 1.29 is 4.79 Å². The van der Waals surface area contributed by atoms with Crippen LogP contribution in [0.25, 0.3) is 0 Å². The average molecular weight is 193 g/mol. The molecule has 1 amide bonds. The van der Waals surface area contributed by atoms with Crippen LogP contribution in [0.5, 0.6) is 0 Å². The van der Waals surface area contributed by atoms with Crippen molar-refractivity contribution in [2.45, 2.75) is 13.8 Å². The molecule has 0 spiro atoms. The second-order valence-corrected chi connectivity index (χ2v) is 2.78. The van der Waals surface area contributed by atoms with Crippen LogP contribution in [0.4, 0.5) is 0 Å². The van der Waals surface area contributed by atoms with Crippen LogP contribution >= 0.6 is 11.6 Å². The molecule has 0 aliphatic rings. The molecule has 72 valence electrons. The number of amides is 1. The first-order valence-corrected chi connectivity index (χ1v) is 4.83. The maximum Gasteiger partial charge on any atom is 0.234 e. The lowest BCUT2D eigenvalue weighted by atomic mass is 10.4. The minimum atomic E-state index is -0.0937. The Morgan fingerprint density at radius 1 is 1.42 bits per heavy atom. The van der Waals surface area contributed by atoms with Crippen molar-refractivity contribution in [2.24, 2.45) is 0 Å². The fourth-order valence-corrected chi connectivity index (χ4v) is 1.04. The fourth-order valence-electron chi connectivity index (χ4n) is 0.941. The summed E-state index contributed by atoms with van der Waals surface area (Å²) in [5, 5.41) is 2.72. The van der Waals surface area contributed by atoms with E-state index in [4.69, 9.17) is 11.6 Å². The number of rotatable bonds is 6. The van der Waals surface area contributed by atoms with Crippen molar-refractivity contribution in [1.82, 2.24) is 10.2 Å². The van der Waals surface area contributed by atoms with Gasteiger partial charge in [-0.2, -0.15) is 0 Å². The Kier molecular flexibility index (Phi) is 7.20. The van der Waals surface area contributed by atoms with Crippen molar-refractivity contribution in [2.75, 3.05) is 32.1 Å². The first-order valence-electron chi connectivity index (χ1n) is 4.29. The van der Waals surface area contributed by atoms with Crippen molar-refractivity contribution in [1.29, 1.82) is 0 Å². The molecule has 3 nitrogen and oxygen atoms in total. The average Bonchev–Trinajstić information content (AvgIpc) is 2.12. The molecule has 12 heavy (non-hydrogen) atoms. The highest BCUT2D eigenvalue weighted by molar-refractivity contribution is 6.27. The van der Waals surface area contributed by atoms with Gasteiger partial charge in [-0.05, 0) is 13.1 Å². The molecule has 0 aliphatic carbocycles. The van der Waals surface area contributed by atoms with E-state index in [0.29, 0.717) is 6.54 Å². The summed E-state index contributed by atoms with van der Waals surface area (Å²) in [6.07, 6.45) is 0. The van der Waals surface area contributed by atoms with E-state index in [0.717, 1.165) is 19.6 Å². The van der Waals surface area contributed by atoms with E-state index in [1.54, 1.807) is 0 Å². The molecule has 0 saturated heterocycles. The lowest BCUT2D eigenvalue weighted by molar-refractivity contribution is -0.118. The summed E-state index contributed by atoms with van der Waals surface area (Å²) in [7, 11) is 0. The zero-order valence-electron chi connectivity index (χ0n) is 7.77. The van der Waals surface area contributed by atoms with Gasteiger partial charge in [0.2, 0.25) is 5.91 Å². The van der Waals surface area contributed by atoms with Crippen LogP contribution in [0.15, 0.2) is 0 Å². The van der Waals surface area contributed by atoms with Crippen LogP contribution < -0.4 is 5.32 Å². The molecule has 0 aromatic carbocycles. The van der Waals surface area contributed by atoms with E-state index in [9.17, 15) is 4.79 Å². The van der Waals surface area contributed by atoms with Crippen LogP contribution in [0.2, 0.25) is 0 Å². The van der Waals surface area contributed by atoms with Gasteiger partial charge < -0.3 is 10.2 Å². The van der Waals surface area contributed by atoms with Gasteiger partial charge >= 0.3 is 0 Å². The van der Waals surface area contributed by atoms with Gasteiger partial charge in [-0.15, -0.1) is 11.6 Å². The third-order valence-electron chi connectivity index (χ3n) is 1.77. The van der Waals surface area contributed by atoms with Gasteiger partial charge in [-0.1, -0.05) is 13.8 Å². The van der Waals surface area contributed by atoms with Crippen molar-refractivity contribution >= 4 is 17.5 Å². The molecule has 0 unspecified atom stereocenters. The normalized spacial score (nSPS) is 10.3. The molecule has 0 bridgehead atoms. The molecule has 0 aliphatic heterocycles. The number of carbonyl (C=O) groups is 1. The van der Waals surface area contributed by atoms with Gasteiger partial charge in [0.1, 0.15) is 5.88 Å². The number of nitrogens with zero attached hydrogens (tertiary/aromatic N) is 1. The molecule has 0 saturated carbocycles. The predicted molar refractivity (Wildman–Crippen MR) is 51.5 cm³/mol. The molecule has 0 fully saturated rings. The summed E-state index contributed by atoms with van der Waals surface area (Å²) < 4.78 is 0. The predicted octanol–water partition coefficient (Wildman–Crippen LogP) is 0.683. The Balaban J connectivity index is 3.34. The first kappa shape index (κ1) is 11.7. The van der Waals surface area contributed by atoms with E-state index in [1.165, 1.54) is 0 Å². The summed E-state index contributed by atoms with van der Waals surface area (Å²) in [4.78, 5) is 13.0. The van der Waals surface area contributed by atoms with Crippen LogP contribution in [0.3, 0.4) is 0 Å². The lowest BCUT2D eigenvalue weighted by Crippen LogP contribution is -2.35. The molecule has 0 aromatic rings. The van der Waals surface area contributed by atoms with Gasteiger partial charge in [-0.25, -0.2) is 0 Å². The highest BCUT2D eigenvalue weighted by atomic mass is 35.5.